The number of carbonyl (C=O) groups excluding carboxylic acids is 2. The highest BCUT2D eigenvalue weighted by Crippen LogP contribution is 2.32. The molecule has 0 aromatic heterocycles. The number of benzene rings is 3. The molecule has 1 aliphatic rings. The number of hydrogen-bond acceptors (Lipinski definition) is 6. The highest BCUT2D eigenvalue weighted by Gasteiger charge is 2.44. The Labute approximate surface area is 232 Å². The van der Waals surface area contributed by atoms with Gasteiger partial charge < -0.3 is 24.4 Å². The normalized spacial score (nSPS) is 14.9. The molecular weight excluding hydrogens is 521 g/mol. The molecule has 0 aliphatic carbocycles. The van der Waals surface area contributed by atoms with E-state index >= 15 is 0 Å². The molecule has 0 saturated carbocycles. The van der Waals surface area contributed by atoms with E-state index in [4.69, 9.17) is 26.4 Å². The second-order valence-corrected chi connectivity index (χ2v) is 9.26. The summed E-state index contributed by atoms with van der Waals surface area (Å²) in [6.07, 6.45) is 0.753. The largest absolute Gasteiger partial charge is 0.494 e. The van der Waals surface area contributed by atoms with E-state index in [1.165, 1.54) is 36.3 Å². The molecule has 10 heteroatoms. The van der Waals surface area contributed by atoms with Crippen LogP contribution in [0, 0.1) is 5.82 Å². The summed E-state index contributed by atoms with van der Waals surface area (Å²) in [6.45, 7) is 2.87. The van der Waals surface area contributed by atoms with Crippen LogP contribution in [-0.2, 0) is 16.1 Å². The molecule has 1 saturated heterocycles. The minimum absolute atomic E-state index is 0.141. The first kappa shape index (κ1) is 27.8. The maximum Gasteiger partial charge on any atom is 0.256 e. The van der Waals surface area contributed by atoms with Crippen LogP contribution in [0.2, 0.25) is 0 Å². The van der Waals surface area contributed by atoms with Gasteiger partial charge in [-0.3, -0.25) is 14.5 Å². The number of ether oxygens (including phenoxy) is 3. The first-order chi connectivity index (χ1) is 18.8. The number of rotatable bonds is 11. The molecule has 0 bridgehead atoms. The molecule has 0 radical (unpaired) electrons. The average Bonchev–Trinajstić information content (AvgIpc) is 3.16. The number of thiocarbonyl (C=S) groups is 1. The fourth-order valence-corrected chi connectivity index (χ4v) is 4.65. The van der Waals surface area contributed by atoms with Gasteiger partial charge in [-0.05, 0) is 84.9 Å². The highest BCUT2D eigenvalue weighted by atomic mass is 32.1. The number of carbonyl (C=O) groups is 2. The lowest BCUT2D eigenvalue weighted by Crippen LogP contribution is -2.37. The number of nitrogens with zero attached hydrogens (tertiary/aromatic N) is 2. The Morgan fingerprint density at radius 1 is 1.00 bits per heavy atom. The molecule has 1 N–H and O–H groups in total. The minimum atomic E-state index is -0.872. The Balaban J connectivity index is 1.57. The standard InChI is InChI=1S/C29H30FN3O5S/c1-4-15-38-23-12-8-21(9-13-23)31-27(34)17-24-28(35)33(22-10-6-20(30)7-11-22)29(39)32(24)18-19-5-14-25(36-2)26(16-19)37-3/h5-14,16,24H,4,15,17-18H2,1-3H3,(H,31,34)/t24-/m1/s1. The second kappa shape index (κ2) is 12.6. The maximum atomic E-state index is 13.6. The molecule has 0 unspecified atom stereocenters. The monoisotopic (exact) mass is 551 g/mol. The predicted molar refractivity (Wildman–Crippen MR) is 151 cm³/mol. The van der Waals surface area contributed by atoms with Gasteiger partial charge in [-0.15, -0.1) is 0 Å². The van der Waals surface area contributed by atoms with Crippen molar-refractivity contribution < 1.29 is 28.2 Å². The number of nitrogens with one attached hydrogen (secondary N) is 1. The average molecular weight is 552 g/mol. The molecule has 1 atom stereocenters. The van der Waals surface area contributed by atoms with Gasteiger partial charge in [0.2, 0.25) is 5.91 Å². The van der Waals surface area contributed by atoms with E-state index in [9.17, 15) is 14.0 Å². The third-order valence-electron chi connectivity index (χ3n) is 6.19. The molecule has 2 amide bonds. The maximum absolute atomic E-state index is 13.6. The van der Waals surface area contributed by atoms with Crippen LogP contribution in [0.5, 0.6) is 17.2 Å². The van der Waals surface area contributed by atoms with Gasteiger partial charge in [-0.2, -0.15) is 0 Å². The number of anilines is 2. The molecule has 4 rings (SSSR count). The third-order valence-corrected chi connectivity index (χ3v) is 6.61. The SMILES string of the molecule is CCCOc1ccc(NC(=O)C[C@@H]2C(=O)N(c3ccc(F)cc3)C(=S)N2Cc2ccc(OC)c(OC)c2)cc1. The summed E-state index contributed by atoms with van der Waals surface area (Å²) in [5.41, 5.74) is 1.81. The molecule has 8 nitrogen and oxygen atoms in total. The van der Waals surface area contributed by atoms with Gasteiger partial charge in [0.1, 0.15) is 17.6 Å². The van der Waals surface area contributed by atoms with Crippen molar-refractivity contribution in [1.82, 2.24) is 4.90 Å². The zero-order valence-electron chi connectivity index (χ0n) is 22.0. The van der Waals surface area contributed by atoms with Gasteiger partial charge in [0.25, 0.3) is 5.91 Å². The van der Waals surface area contributed by atoms with Crippen LogP contribution in [-0.4, -0.2) is 48.7 Å². The van der Waals surface area contributed by atoms with E-state index in [1.54, 1.807) is 48.4 Å². The van der Waals surface area contributed by atoms with Crippen LogP contribution in [0.1, 0.15) is 25.3 Å². The van der Waals surface area contributed by atoms with Crippen molar-refractivity contribution in [2.24, 2.45) is 0 Å². The van der Waals surface area contributed by atoms with E-state index in [2.05, 4.69) is 5.32 Å². The summed E-state index contributed by atoms with van der Waals surface area (Å²) in [5.74, 6) is 0.656. The van der Waals surface area contributed by atoms with Crippen LogP contribution in [0.15, 0.2) is 66.7 Å². The van der Waals surface area contributed by atoms with E-state index in [0.717, 1.165) is 12.0 Å². The van der Waals surface area contributed by atoms with Gasteiger partial charge in [0, 0.05) is 12.2 Å². The fourth-order valence-electron chi connectivity index (χ4n) is 4.26. The third kappa shape index (κ3) is 6.46. The molecule has 1 fully saturated rings. The lowest BCUT2D eigenvalue weighted by atomic mass is 10.1. The summed E-state index contributed by atoms with van der Waals surface area (Å²) in [5, 5.41) is 3.07. The summed E-state index contributed by atoms with van der Waals surface area (Å²) in [7, 11) is 3.09. The molecule has 3 aromatic carbocycles. The van der Waals surface area contributed by atoms with Crippen molar-refractivity contribution >= 4 is 40.5 Å². The van der Waals surface area contributed by atoms with Crippen molar-refractivity contribution in [3.8, 4) is 17.2 Å². The van der Waals surface area contributed by atoms with Crippen molar-refractivity contribution in [3.63, 3.8) is 0 Å². The number of hydrogen-bond donors (Lipinski definition) is 1. The van der Waals surface area contributed by atoms with Crippen molar-refractivity contribution in [3.05, 3.63) is 78.1 Å². The molecular formula is C29H30FN3O5S. The van der Waals surface area contributed by atoms with Gasteiger partial charge in [0.05, 0.1) is 32.9 Å². The molecule has 1 heterocycles. The summed E-state index contributed by atoms with van der Waals surface area (Å²) in [6, 6.07) is 17.1. The summed E-state index contributed by atoms with van der Waals surface area (Å²) >= 11 is 5.71. The Kier molecular flexibility index (Phi) is 8.98. The smallest absolute Gasteiger partial charge is 0.256 e. The molecule has 3 aromatic rings. The van der Waals surface area contributed by atoms with Gasteiger partial charge in [-0.1, -0.05) is 13.0 Å². The van der Waals surface area contributed by atoms with Gasteiger partial charge in [0.15, 0.2) is 16.6 Å². The summed E-state index contributed by atoms with van der Waals surface area (Å²) < 4.78 is 29.9. The predicted octanol–water partition coefficient (Wildman–Crippen LogP) is 5.16. The Hall–Kier alpha value is -4.18. The van der Waals surface area contributed by atoms with Crippen LogP contribution >= 0.6 is 12.2 Å². The van der Waals surface area contributed by atoms with Gasteiger partial charge in [-0.25, -0.2) is 4.39 Å². The fraction of sp³-hybridized carbons (Fsp3) is 0.276. The second-order valence-electron chi connectivity index (χ2n) is 8.89. The number of halogens is 1. The zero-order chi connectivity index (χ0) is 27.9. The van der Waals surface area contributed by atoms with Gasteiger partial charge >= 0.3 is 0 Å². The lowest BCUT2D eigenvalue weighted by Gasteiger charge is -2.24. The minimum Gasteiger partial charge on any atom is -0.494 e. The first-order valence-electron chi connectivity index (χ1n) is 12.5. The highest BCUT2D eigenvalue weighted by molar-refractivity contribution is 7.80. The zero-order valence-corrected chi connectivity index (χ0v) is 22.8. The van der Waals surface area contributed by atoms with E-state index in [-0.39, 0.29) is 29.9 Å². The topological polar surface area (TPSA) is 80.3 Å². The first-order valence-corrected chi connectivity index (χ1v) is 12.9. The Morgan fingerprint density at radius 3 is 2.33 bits per heavy atom. The Morgan fingerprint density at radius 2 is 1.69 bits per heavy atom. The van der Waals surface area contributed by atoms with Crippen molar-refractivity contribution in [2.45, 2.75) is 32.4 Å². The van der Waals surface area contributed by atoms with E-state index in [0.29, 0.717) is 35.2 Å². The van der Waals surface area contributed by atoms with E-state index < -0.39 is 11.9 Å². The number of methoxy groups -OCH3 is 2. The Bertz CT molecular complexity index is 1330. The quantitative estimate of drug-likeness (QED) is 0.330. The molecule has 204 valence electrons. The number of amides is 2. The van der Waals surface area contributed by atoms with Crippen LogP contribution in [0.4, 0.5) is 15.8 Å². The molecule has 1 aliphatic heterocycles. The molecule has 39 heavy (non-hydrogen) atoms. The van der Waals surface area contributed by atoms with E-state index in [1.807, 2.05) is 13.0 Å². The van der Waals surface area contributed by atoms with Crippen LogP contribution < -0.4 is 24.4 Å². The summed E-state index contributed by atoms with van der Waals surface area (Å²) in [4.78, 5) is 29.7. The lowest BCUT2D eigenvalue weighted by molar-refractivity contribution is -0.124. The van der Waals surface area contributed by atoms with Crippen LogP contribution in [0.25, 0.3) is 0 Å². The molecule has 0 spiro atoms. The van der Waals surface area contributed by atoms with Crippen LogP contribution in [0.3, 0.4) is 0 Å². The van der Waals surface area contributed by atoms with Crippen molar-refractivity contribution in [1.29, 1.82) is 0 Å². The van der Waals surface area contributed by atoms with Crippen molar-refractivity contribution in [2.75, 3.05) is 31.0 Å².